The molecule has 0 saturated heterocycles. The van der Waals surface area contributed by atoms with E-state index in [4.69, 9.17) is 4.74 Å². The second kappa shape index (κ2) is 13.9. The molecule has 0 bridgehead atoms. The Morgan fingerprint density at radius 2 is 1.73 bits per heavy atom. The minimum absolute atomic E-state index is 0.0446. The summed E-state index contributed by atoms with van der Waals surface area (Å²) in [6.45, 7) is 14.0. The molecule has 0 aliphatic rings. The summed E-state index contributed by atoms with van der Waals surface area (Å²) in [5.74, 6) is -1.60. The summed E-state index contributed by atoms with van der Waals surface area (Å²) in [4.78, 5) is 53.3. The van der Waals surface area contributed by atoms with Crippen LogP contribution in [0, 0.1) is 12.8 Å². The topological polar surface area (TPSA) is 134 Å². The normalized spacial score (nSPS) is 13.8. The number of aromatic hydroxyl groups is 1. The first-order chi connectivity index (χ1) is 17.1. The quantitative estimate of drug-likeness (QED) is 0.379. The number of esters is 1. The number of carbonyl (C=O) groups is 4. The van der Waals surface area contributed by atoms with Crippen LogP contribution >= 0.6 is 0 Å². The number of benzene rings is 1. The summed E-state index contributed by atoms with van der Waals surface area (Å²) >= 11 is 0. The van der Waals surface area contributed by atoms with E-state index in [1.54, 1.807) is 39.8 Å². The highest BCUT2D eigenvalue weighted by molar-refractivity contribution is 5.93. The van der Waals surface area contributed by atoms with Gasteiger partial charge in [-0.25, -0.2) is 4.79 Å². The predicted molar refractivity (Wildman–Crippen MR) is 140 cm³/mol. The highest BCUT2D eigenvalue weighted by atomic mass is 16.6. The van der Waals surface area contributed by atoms with Crippen molar-refractivity contribution >= 4 is 23.9 Å². The zero-order chi connectivity index (χ0) is 28.5. The maximum absolute atomic E-state index is 14.1. The molecule has 0 aromatic heterocycles. The van der Waals surface area contributed by atoms with Crippen molar-refractivity contribution in [2.75, 3.05) is 13.7 Å². The Kier molecular flexibility index (Phi) is 11.9. The number of amides is 3. The van der Waals surface area contributed by atoms with Gasteiger partial charge in [0, 0.05) is 6.04 Å². The Balaban J connectivity index is 3.57. The molecule has 1 aromatic carbocycles. The maximum atomic E-state index is 14.1. The third-order valence-electron chi connectivity index (χ3n) is 5.71. The van der Waals surface area contributed by atoms with Crippen molar-refractivity contribution in [3.63, 3.8) is 0 Å². The van der Waals surface area contributed by atoms with E-state index in [0.717, 1.165) is 0 Å². The van der Waals surface area contributed by atoms with E-state index in [-0.39, 0.29) is 18.2 Å². The van der Waals surface area contributed by atoms with Gasteiger partial charge in [0.25, 0.3) is 0 Å². The van der Waals surface area contributed by atoms with Gasteiger partial charge >= 0.3 is 12.1 Å². The molecule has 1 rings (SSSR count). The first-order valence-corrected chi connectivity index (χ1v) is 12.6. The number of rotatable bonds is 11. The van der Waals surface area contributed by atoms with Gasteiger partial charge in [-0.3, -0.25) is 14.4 Å². The number of phenols is 1. The Morgan fingerprint density at radius 3 is 2.22 bits per heavy atom. The van der Waals surface area contributed by atoms with Crippen LogP contribution in [0.4, 0.5) is 4.79 Å². The summed E-state index contributed by atoms with van der Waals surface area (Å²) in [6.07, 6.45) is 0.100. The van der Waals surface area contributed by atoms with Gasteiger partial charge in [-0.05, 0) is 76.6 Å². The number of alkyl carbamates (subject to hydrolysis) is 1. The summed E-state index contributed by atoms with van der Waals surface area (Å²) in [5, 5.41) is 15.3. The van der Waals surface area contributed by atoms with Crippen molar-refractivity contribution in [2.24, 2.45) is 5.92 Å². The van der Waals surface area contributed by atoms with E-state index in [9.17, 15) is 24.3 Å². The van der Waals surface area contributed by atoms with Crippen molar-refractivity contribution in [3.8, 4) is 5.75 Å². The summed E-state index contributed by atoms with van der Waals surface area (Å²) in [6, 6.07) is 2.13. The van der Waals surface area contributed by atoms with Crippen LogP contribution in [0.15, 0.2) is 18.2 Å². The Morgan fingerprint density at radius 1 is 1.11 bits per heavy atom. The van der Waals surface area contributed by atoms with Crippen LogP contribution in [0.1, 0.15) is 78.5 Å². The molecule has 3 N–H and O–H groups in total. The molecule has 3 amide bonds. The molecule has 10 heteroatoms. The number of nitrogens with zero attached hydrogens (tertiary/aromatic N) is 1. The van der Waals surface area contributed by atoms with Crippen molar-refractivity contribution in [3.05, 3.63) is 29.3 Å². The molecule has 0 aliphatic carbocycles. The molecule has 0 fully saturated rings. The Labute approximate surface area is 220 Å². The molecule has 0 aliphatic heterocycles. The van der Waals surface area contributed by atoms with Crippen molar-refractivity contribution in [1.29, 1.82) is 0 Å². The SMILES string of the molecule is CCC(C)N(C(=O)C(CC(C)C)NC(=O)OC(C)(C)C)C(C(=O)NCC(=O)OC)c1ccc(O)c(C)c1. The fraction of sp³-hybridized carbons (Fsp3) is 0.630. The lowest BCUT2D eigenvalue weighted by Crippen LogP contribution is -2.56. The van der Waals surface area contributed by atoms with Gasteiger partial charge in [0.15, 0.2) is 0 Å². The van der Waals surface area contributed by atoms with Gasteiger partial charge < -0.3 is 30.1 Å². The smallest absolute Gasteiger partial charge is 0.408 e. The minimum Gasteiger partial charge on any atom is -0.508 e. The lowest BCUT2D eigenvalue weighted by Gasteiger charge is -2.38. The minimum atomic E-state index is -1.14. The molecular formula is C27H43N3O7. The average molecular weight is 522 g/mol. The highest BCUT2D eigenvalue weighted by Crippen LogP contribution is 2.30. The number of ether oxygens (including phenoxy) is 2. The number of methoxy groups -OCH3 is 1. The predicted octanol–water partition coefficient (Wildman–Crippen LogP) is 3.60. The summed E-state index contributed by atoms with van der Waals surface area (Å²) in [5.41, 5.74) is 0.212. The molecule has 0 spiro atoms. The molecule has 1 aromatic rings. The molecule has 0 saturated carbocycles. The third-order valence-corrected chi connectivity index (χ3v) is 5.71. The third kappa shape index (κ3) is 9.93. The largest absolute Gasteiger partial charge is 0.508 e. The summed E-state index contributed by atoms with van der Waals surface area (Å²) < 4.78 is 10.0. The van der Waals surface area contributed by atoms with Crippen LogP contribution in [-0.2, 0) is 23.9 Å². The van der Waals surface area contributed by atoms with Gasteiger partial charge in [-0.2, -0.15) is 0 Å². The second-order valence-electron chi connectivity index (χ2n) is 10.6. The van der Waals surface area contributed by atoms with E-state index in [1.165, 1.54) is 18.1 Å². The van der Waals surface area contributed by atoms with Gasteiger partial charge in [0.05, 0.1) is 7.11 Å². The van der Waals surface area contributed by atoms with Crippen molar-refractivity contribution in [2.45, 2.75) is 92.0 Å². The number of carbonyl (C=O) groups excluding carboxylic acids is 4. The molecule has 37 heavy (non-hydrogen) atoms. The van der Waals surface area contributed by atoms with Gasteiger partial charge in [-0.1, -0.05) is 26.8 Å². The van der Waals surface area contributed by atoms with Gasteiger partial charge in [0.2, 0.25) is 11.8 Å². The lowest BCUT2D eigenvalue weighted by molar-refractivity contribution is -0.146. The fourth-order valence-corrected chi connectivity index (χ4v) is 3.73. The van der Waals surface area contributed by atoms with E-state index in [0.29, 0.717) is 24.0 Å². The van der Waals surface area contributed by atoms with Crippen LogP contribution in [0.25, 0.3) is 0 Å². The zero-order valence-electron chi connectivity index (χ0n) is 23.5. The lowest BCUT2D eigenvalue weighted by atomic mass is 9.96. The average Bonchev–Trinajstić information content (AvgIpc) is 2.79. The number of aryl methyl sites for hydroxylation is 1. The number of hydrogen-bond donors (Lipinski definition) is 3. The molecular weight excluding hydrogens is 478 g/mol. The Hall–Kier alpha value is -3.30. The fourth-order valence-electron chi connectivity index (χ4n) is 3.73. The molecule has 3 unspecified atom stereocenters. The van der Waals surface area contributed by atoms with Crippen LogP contribution in [0.2, 0.25) is 0 Å². The molecule has 3 atom stereocenters. The molecule has 0 radical (unpaired) electrons. The number of phenolic OH excluding ortho intramolecular Hbond substituents is 1. The van der Waals surface area contributed by atoms with Crippen LogP contribution < -0.4 is 10.6 Å². The van der Waals surface area contributed by atoms with Crippen molar-refractivity contribution in [1.82, 2.24) is 15.5 Å². The first-order valence-electron chi connectivity index (χ1n) is 12.6. The molecule has 10 nitrogen and oxygen atoms in total. The monoisotopic (exact) mass is 521 g/mol. The van der Waals surface area contributed by atoms with Crippen LogP contribution in [0.5, 0.6) is 5.75 Å². The zero-order valence-corrected chi connectivity index (χ0v) is 23.5. The standard InChI is InChI=1S/C27H43N3O7/c1-10-18(5)30(25(34)20(13-16(2)3)29-26(35)37-27(6,7)8)23(24(33)28-15-22(32)36-9)19-11-12-21(31)17(4)14-19/h11-12,14,16,18,20,23,31H,10,13,15H2,1-9H3,(H,28,33)(H,29,35). The number of hydrogen-bond acceptors (Lipinski definition) is 7. The second-order valence-corrected chi connectivity index (χ2v) is 10.6. The van der Waals surface area contributed by atoms with Crippen molar-refractivity contribution < 1.29 is 33.8 Å². The van der Waals surface area contributed by atoms with Crippen LogP contribution in [-0.4, -0.2) is 65.2 Å². The van der Waals surface area contributed by atoms with E-state index in [2.05, 4.69) is 15.4 Å². The molecule has 0 heterocycles. The highest BCUT2D eigenvalue weighted by Gasteiger charge is 2.39. The number of nitrogens with one attached hydrogen (secondary N) is 2. The van der Waals surface area contributed by atoms with Gasteiger partial charge in [0.1, 0.15) is 30.0 Å². The van der Waals surface area contributed by atoms with E-state index < -0.39 is 47.6 Å². The first kappa shape index (κ1) is 31.7. The molecule has 208 valence electrons. The summed E-state index contributed by atoms with van der Waals surface area (Å²) in [7, 11) is 1.21. The Bertz CT molecular complexity index is 956. The van der Waals surface area contributed by atoms with Crippen LogP contribution in [0.3, 0.4) is 0 Å². The van der Waals surface area contributed by atoms with E-state index in [1.807, 2.05) is 27.7 Å². The van der Waals surface area contributed by atoms with E-state index >= 15 is 0 Å². The maximum Gasteiger partial charge on any atom is 0.408 e. The van der Waals surface area contributed by atoms with Gasteiger partial charge in [-0.15, -0.1) is 0 Å².